The van der Waals surface area contributed by atoms with E-state index in [1.165, 1.54) is 11.1 Å². The Hall–Kier alpha value is -1.39. The van der Waals surface area contributed by atoms with Crippen molar-refractivity contribution in [2.75, 3.05) is 13.1 Å². The average Bonchev–Trinajstić information content (AvgIpc) is 2.38. The zero-order chi connectivity index (χ0) is 13.4. The van der Waals surface area contributed by atoms with Crippen molar-refractivity contribution in [2.24, 2.45) is 11.5 Å². The number of aryl methyl sites for hydroxylation is 1. The molecule has 0 aliphatic rings. The second kappa shape index (κ2) is 7.84. The van der Waals surface area contributed by atoms with Gasteiger partial charge in [-0.25, -0.2) is 0 Å². The summed E-state index contributed by atoms with van der Waals surface area (Å²) in [5.74, 6) is -0.0874. The van der Waals surface area contributed by atoms with E-state index in [9.17, 15) is 4.79 Å². The predicted molar refractivity (Wildman–Crippen MR) is 74.2 cm³/mol. The van der Waals surface area contributed by atoms with Gasteiger partial charge in [0, 0.05) is 6.54 Å². The standard InChI is InChI=1S/C14H23N3O/c1-11-4-6-12(7-5-11)8-10-17-14(18)13(16)3-2-9-15/h4-7,13H,2-3,8-10,15-16H2,1H3,(H,17,18)/t13-/m0/s1. The van der Waals surface area contributed by atoms with Crippen LogP contribution < -0.4 is 16.8 Å². The van der Waals surface area contributed by atoms with Crippen molar-refractivity contribution < 1.29 is 4.79 Å². The number of hydrogen-bond donors (Lipinski definition) is 3. The van der Waals surface area contributed by atoms with E-state index in [0.717, 1.165) is 12.8 Å². The molecule has 0 saturated carbocycles. The minimum atomic E-state index is -0.438. The summed E-state index contributed by atoms with van der Waals surface area (Å²) in [5, 5.41) is 2.85. The first-order valence-corrected chi connectivity index (χ1v) is 6.42. The van der Waals surface area contributed by atoms with Crippen molar-refractivity contribution in [2.45, 2.75) is 32.2 Å². The van der Waals surface area contributed by atoms with Gasteiger partial charge in [-0.15, -0.1) is 0 Å². The van der Waals surface area contributed by atoms with Crippen molar-refractivity contribution >= 4 is 5.91 Å². The summed E-state index contributed by atoms with van der Waals surface area (Å²) in [6.45, 7) is 3.25. The Morgan fingerprint density at radius 2 is 2.00 bits per heavy atom. The zero-order valence-electron chi connectivity index (χ0n) is 11.0. The normalized spacial score (nSPS) is 12.2. The van der Waals surface area contributed by atoms with Gasteiger partial charge in [-0.1, -0.05) is 29.8 Å². The van der Waals surface area contributed by atoms with Crippen LogP contribution in [0.4, 0.5) is 0 Å². The Morgan fingerprint density at radius 1 is 1.33 bits per heavy atom. The van der Waals surface area contributed by atoms with Gasteiger partial charge in [0.05, 0.1) is 6.04 Å². The fraction of sp³-hybridized carbons (Fsp3) is 0.500. The molecule has 0 aromatic heterocycles. The third-order valence-electron chi connectivity index (χ3n) is 2.89. The first-order chi connectivity index (χ1) is 8.63. The van der Waals surface area contributed by atoms with Gasteiger partial charge >= 0.3 is 0 Å². The maximum absolute atomic E-state index is 11.6. The first-order valence-electron chi connectivity index (χ1n) is 6.42. The molecule has 0 bridgehead atoms. The molecule has 0 heterocycles. The number of benzene rings is 1. The van der Waals surface area contributed by atoms with E-state index in [2.05, 4.69) is 36.5 Å². The Kier molecular flexibility index (Phi) is 6.39. The smallest absolute Gasteiger partial charge is 0.236 e. The molecule has 100 valence electrons. The Balaban J connectivity index is 2.24. The van der Waals surface area contributed by atoms with E-state index < -0.39 is 6.04 Å². The number of nitrogens with two attached hydrogens (primary N) is 2. The molecule has 0 saturated heterocycles. The molecule has 0 spiro atoms. The molecule has 4 nitrogen and oxygen atoms in total. The maximum atomic E-state index is 11.6. The topological polar surface area (TPSA) is 81.1 Å². The number of carbonyl (C=O) groups is 1. The van der Waals surface area contributed by atoms with Crippen LogP contribution in [0, 0.1) is 6.92 Å². The third-order valence-corrected chi connectivity index (χ3v) is 2.89. The number of amides is 1. The highest BCUT2D eigenvalue weighted by atomic mass is 16.2. The Labute approximate surface area is 109 Å². The van der Waals surface area contributed by atoms with Gasteiger partial charge in [0.15, 0.2) is 0 Å². The predicted octanol–water partition coefficient (Wildman–Crippen LogP) is 0.720. The van der Waals surface area contributed by atoms with Crippen LogP contribution in [0.5, 0.6) is 0 Å². The van der Waals surface area contributed by atoms with Crippen LogP contribution in [-0.2, 0) is 11.2 Å². The van der Waals surface area contributed by atoms with E-state index >= 15 is 0 Å². The number of nitrogens with one attached hydrogen (secondary N) is 1. The molecular weight excluding hydrogens is 226 g/mol. The van der Waals surface area contributed by atoms with E-state index in [-0.39, 0.29) is 5.91 Å². The van der Waals surface area contributed by atoms with Gasteiger partial charge in [0.2, 0.25) is 5.91 Å². The lowest BCUT2D eigenvalue weighted by Crippen LogP contribution is -2.41. The zero-order valence-corrected chi connectivity index (χ0v) is 11.0. The SMILES string of the molecule is Cc1ccc(CCNC(=O)[C@@H](N)CCCN)cc1. The summed E-state index contributed by atoms with van der Waals surface area (Å²) in [7, 11) is 0. The van der Waals surface area contributed by atoms with Crippen LogP contribution in [0.1, 0.15) is 24.0 Å². The largest absolute Gasteiger partial charge is 0.354 e. The molecule has 0 fully saturated rings. The van der Waals surface area contributed by atoms with E-state index in [0.29, 0.717) is 19.5 Å². The molecule has 1 atom stereocenters. The highest BCUT2D eigenvalue weighted by molar-refractivity contribution is 5.81. The molecule has 1 aromatic rings. The first kappa shape index (κ1) is 14.7. The fourth-order valence-electron chi connectivity index (χ4n) is 1.68. The lowest BCUT2D eigenvalue weighted by atomic mass is 10.1. The average molecular weight is 249 g/mol. The summed E-state index contributed by atoms with van der Waals surface area (Å²) in [6, 6.07) is 7.87. The van der Waals surface area contributed by atoms with Gasteiger partial charge < -0.3 is 16.8 Å². The molecule has 1 rings (SSSR count). The Bertz CT molecular complexity index is 362. The van der Waals surface area contributed by atoms with Gasteiger partial charge in [-0.05, 0) is 38.3 Å². The molecule has 0 unspecified atom stereocenters. The molecule has 0 aliphatic heterocycles. The molecule has 1 amide bonds. The van der Waals surface area contributed by atoms with E-state index in [4.69, 9.17) is 11.5 Å². The molecule has 0 radical (unpaired) electrons. The summed E-state index contributed by atoms with van der Waals surface area (Å²) in [6.07, 6.45) is 2.26. The maximum Gasteiger partial charge on any atom is 0.236 e. The molecular formula is C14H23N3O. The van der Waals surface area contributed by atoms with Crippen molar-refractivity contribution in [3.8, 4) is 0 Å². The fourth-order valence-corrected chi connectivity index (χ4v) is 1.68. The van der Waals surface area contributed by atoms with Crippen molar-refractivity contribution in [3.63, 3.8) is 0 Å². The number of carbonyl (C=O) groups excluding carboxylic acids is 1. The second-order valence-corrected chi connectivity index (χ2v) is 4.56. The monoisotopic (exact) mass is 249 g/mol. The van der Waals surface area contributed by atoms with Crippen LogP contribution in [0.3, 0.4) is 0 Å². The minimum absolute atomic E-state index is 0.0874. The number of rotatable bonds is 7. The number of hydrogen-bond acceptors (Lipinski definition) is 3. The summed E-state index contributed by atoms with van der Waals surface area (Å²) in [4.78, 5) is 11.6. The van der Waals surface area contributed by atoms with Crippen LogP contribution >= 0.6 is 0 Å². The lowest BCUT2D eigenvalue weighted by Gasteiger charge is -2.11. The van der Waals surface area contributed by atoms with E-state index in [1.54, 1.807) is 0 Å². The lowest BCUT2D eigenvalue weighted by molar-refractivity contribution is -0.122. The molecule has 5 N–H and O–H groups in total. The minimum Gasteiger partial charge on any atom is -0.354 e. The van der Waals surface area contributed by atoms with E-state index in [1.807, 2.05) is 0 Å². The van der Waals surface area contributed by atoms with Crippen LogP contribution in [-0.4, -0.2) is 25.0 Å². The third kappa shape index (κ3) is 5.29. The molecule has 1 aromatic carbocycles. The summed E-state index contributed by atoms with van der Waals surface area (Å²) < 4.78 is 0. The van der Waals surface area contributed by atoms with Gasteiger partial charge in [-0.3, -0.25) is 4.79 Å². The van der Waals surface area contributed by atoms with Crippen molar-refractivity contribution in [1.82, 2.24) is 5.32 Å². The van der Waals surface area contributed by atoms with Crippen molar-refractivity contribution in [1.29, 1.82) is 0 Å². The molecule has 18 heavy (non-hydrogen) atoms. The van der Waals surface area contributed by atoms with Gasteiger partial charge in [0.25, 0.3) is 0 Å². The second-order valence-electron chi connectivity index (χ2n) is 4.56. The van der Waals surface area contributed by atoms with Gasteiger partial charge in [-0.2, -0.15) is 0 Å². The van der Waals surface area contributed by atoms with Gasteiger partial charge in [0.1, 0.15) is 0 Å². The summed E-state index contributed by atoms with van der Waals surface area (Å²) in [5.41, 5.74) is 13.6. The quantitative estimate of drug-likeness (QED) is 0.666. The summed E-state index contributed by atoms with van der Waals surface area (Å²) >= 11 is 0. The van der Waals surface area contributed by atoms with Crippen LogP contribution in [0.25, 0.3) is 0 Å². The highest BCUT2D eigenvalue weighted by Gasteiger charge is 2.11. The Morgan fingerprint density at radius 3 is 2.61 bits per heavy atom. The highest BCUT2D eigenvalue weighted by Crippen LogP contribution is 2.03. The van der Waals surface area contributed by atoms with Crippen LogP contribution in [0.2, 0.25) is 0 Å². The van der Waals surface area contributed by atoms with Crippen LogP contribution in [0.15, 0.2) is 24.3 Å². The van der Waals surface area contributed by atoms with Crippen molar-refractivity contribution in [3.05, 3.63) is 35.4 Å². The molecule has 0 aliphatic carbocycles. The molecule has 4 heteroatoms.